The molecule has 380 valence electrons. The van der Waals surface area contributed by atoms with Crippen LogP contribution in [0.2, 0.25) is 0 Å². The first kappa shape index (κ1) is 56.0. The number of carbonyl (C=O) groups excluding carboxylic acids is 9. The minimum absolute atomic E-state index is 0.0612. The van der Waals surface area contributed by atoms with E-state index in [2.05, 4.69) is 47.9 Å². The van der Waals surface area contributed by atoms with E-state index in [0.29, 0.717) is 11.1 Å². The molecule has 0 bridgehead atoms. The Morgan fingerprint density at radius 2 is 0.768 bits per heavy atom. The molecule has 30 nitrogen and oxygen atoms in total. The number of hydrogen-bond donors (Lipinski definition) is 21. The first-order chi connectivity index (χ1) is 31.6. The van der Waals surface area contributed by atoms with Crippen LogP contribution in [0.15, 0.2) is 60.7 Å². The number of barbiturate groups is 1. The van der Waals surface area contributed by atoms with Gasteiger partial charge in [-0.3, -0.25) is 30.3 Å². The number of aliphatic hydroxyl groups excluding tert-OH is 2. The van der Waals surface area contributed by atoms with Gasteiger partial charge < -0.3 is 93.8 Å². The summed E-state index contributed by atoms with van der Waals surface area (Å²) in [7, 11) is 0. The van der Waals surface area contributed by atoms with Crippen LogP contribution in [0, 0.1) is 0 Å². The summed E-state index contributed by atoms with van der Waals surface area (Å²) in [5.74, 6) is -1.57. The van der Waals surface area contributed by atoms with Crippen molar-refractivity contribution in [2.75, 3.05) is 0 Å². The van der Waals surface area contributed by atoms with Gasteiger partial charge in [0.05, 0.1) is 6.42 Å². The van der Waals surface area contributed by atoms with E-state index in [1.54, 1.807) is 60.7 Å². The minimum Gasteiger partial charge on any atom is -0.374 e. The van der Waals surface area contributed by atoms with E-state index in [1.165, 1.54) is 34.6 Å². The molecule has 6 fully saturated rings. The molecule has 0 spiro atoms. The van der Waals surface area contributed by atoms with E-state index in [1.807, 2.05) is 16.0 Å². The van der Waals surface area contributed by atoms with E-state index >= 15 is 0 Å². The van der Waals surface area contributed by atoms with Crippen molar-refractivity contribution in [3.8, 4) is 0 Å². The number of carbonyl (C=O) groups is 9. The Labute approximate surface area is 391 Å². The van der Waals surface area contributed by atoms with E-state index in [4.69, 9.17) is 15.3 Å². The number of imide groups is 3. The summed E-state index contributed by atoms with van der Waals surface area (Å²) in [5.41, 5.74) is -10.3. The maximum absolute atomic E-state index is 11.7. The molecule has 21 N–H and O–H groups in total. The zero-order valence-electron chi connectivity index (χ0n) is 37.5. The Bertz CT molecular complexity index is 2080. The number of urea groups is 6. The predicted molar refractivity (Wildman–Crippen MR) is 229 cm³/mol. The van der Waals surface area contributed by atoms with Crippen LogP contribution in [0.25, 0.3) is 0 Å². The average Bonchev–Trinajstić information content (AvgIpc) is 3.52. The normalized spacial score (nSPS) is 34.0. The van der Waals surface area contributed by atoms with Gasteiger partial charge in [-0.2, -0.15) is 0 Å². The monoisotopic (exact) mass is 980 g/mol. The van der Waals surface area contributed by atoms with E-state index in [9.17, 15) is 73.8 Å². The van der Waals surface area contributed by atoms with Crippen LogP contribution in [0.1, 0.15) is 71.4 Å². The molecule has 6 saturated heterocycles. The van der Waals surface area contributed by atoms with Crippen LogP contribution in [0.4, 0.5) is 28.8 Å². The highest BCUT2D eigenvalue weighted by molar-refractivity contribution is 6.14. The average molecular weight is 981 g/mol. The Kier molecular flexibility index (Phi) is 17.7. The Hall–Kier alpha value is -7.29. The summed E-state index contributed by atoms with van der Waals surface area (Å²) < 4.78 is 0. The highest BCUT2D eigenvalue weighted by atomic mass is 16.4. The number of aliphatic hydroxyl groups is 9. The van der Waals surface area contributed by atoms with Gasteiger partial charge in [0.15, 0.2) is 11.4 Å². The number of rotatable bonds is 2. The van der Waals surface area contributed by atoms with Crippen molar-refractivity contribution in [2.24, 2.45) is 0 Å². The largest absolute Gasteiger partial charge is 0.374 e. The summed E-state index contributed by atoms with van der Waals surface area (Å²) >= 11 is 0. The van der Waals surface area contributed by atoms with Crippen molar-refractivity contribution in [2.45, 2.75) is 113 Å². The molecule has 0 saturated carbocycles. The van der Waals surface area contributed by atoms with Crippen molar-refractivity contribution in [3.05, 3.63) is 71.8 Å². The lowest BCUT2D eigenvalue weighted by Crippen LogP contribution is -2.65. The topological polar surface area (TPSA) is 480 Å². The Balaban J connectivity index is 0.000000227. The van der Waals surface area contributed by atoms with Crippen molar-refractivity contribution < 1.29 is 89.1 Å². The van der Waals surface area contributed by atoms with Crippen molar-refractivity contribution in [1.29, 1.82) is 0 Å². The van der Waals surface area contributed by atoms with E-state index in [-0.39, 0.29) is 25.7 Å². The smallest absolute Gasteiger partial charge is 0.328 e. The second-order valence-electron chi connectivity index (χ2n) is 16.7. The first-order valence-electron chi connectivity index (χ1n) is 20.3. The third kappa shape index (κ3) is 16.5. The van der Waals surface area contributed by atoms with Gasteiger partial charge in [0.25, 0.3) is 0 Å². The van der Waals surface area contributed by atoms with Gasteiger partial charge in [0, 0.05) is 24.0 Å². The summed E-state index contributed by atoms with van der Waals surface area (Å²) in [5, 5.41) is 111. The quantitative estimate of drug-likeness (QED) is 0.125. The molecular formula is C39H56N12O18. The van der Waals surface area contributed by atoms with Crippen LogP contribution >= 0.6 is 0 Å². The van der Waals surface area contributed by atoms with Crippen LogP contribution in [0.3, 0.4) is 0 Å². The molecule has 2 aromatic rings. The Morgan fingerprint density at radius 3 is 1.07 bits per heavy atom. The molecule has 9 atom stereocenters. The van der Waals surface area contributed by atoms with Crippen LogP contribution < -0.4 is 63.8 Å². The molecular weight excluding hydrogens is 924 g/mol. The zero-order chi connectivity index (χ0) is 52.4. The lowest BCUT2D eigenvalue weighted by Gasteiger charge is -2.39. The molecule has 15 amide bonds. The number of hydrogen-bond acceptors (Lipinski definition) is 18. The van der Waals surface area contributed by atoms with Gasteiger partial charge in [-0.15, -0.1) is 0 Å². The van der Waals surface area contributed by atoms with Crippen molar-refractivity contribution >= 4 is 53.9 Å². The molecule has 30 heteroatoms. The highest BCUT2D eigenvalue weighted by Crippen LogP contribution is 2.39. The fourth-order valence-corrected chi connectivity index (χ4v) is 6.45. The van der Waals surface area contributed by atoms with Crippen LogP contribution in [0.5, 0.6) is 0 Å². The molecule has 6 aliphatic heterocycles. The second-order valence-corrected chi connectivity index (χ2v) is 16.7. The molecule has 0 aliphatic carbocycles. The zero-order valence-corrected chi connectivity index (χ0v) is 37.5. The number of amides is 15. The maximum Gasteiger partial charge on any atom is 0.328 e. The summed E-state index contributed by atoms with van der Waals surface area (Å²) in [4.78, 5) is 95.1. The fraction of sp³-hybridized carbons (Fsp3) is 0.462. The van der Waals surface area contributed by atoms with Crippen LogP contribution in [-0.2, 0) is 25.8 Å². The Morgan fingerprint density at radius 1 is 0.420 bits per heavy atom. The summed E-state index contributed by atoms with van der Waals surface area (Å²) in [6.45, 7) is 6.85. The molecule has 6 heterocycles. The highest BCUT2D eigenvalue weighted by Gasteiger charge is 2.59. The van der Waals surface area contributed by atoms with Gasteiger partial charge in [-0.1, -0.05) is 60.7 Å². The standard InChI is InChI=1S/C15H14N2O3.C6H12N2O3.C5H10N2O3.C5H8N2O3.C4H8N2O3.C4H4N2O3/c18-13-16-14(19,11-7-3-1-4-8-11)15(20,17-13)12-9-5-2-6-10-12;1-5(10)3-6(2,11)8-4(9)7-5;1-4(9)5(2,10)7-3(8)6-4;1-5(10)2-3(8)6-4(9)7-5;2*7-2-1-3(8)6-4(9)5-2/h1-10,19-20H,(H2,16,17,18);10-11H,3H2,1-2H3,(H2,7,8,9);9-10H,1-2H3,(H2,6,7,8);10H,2H2,1H3,(H2,6,7,8,9);2-3,7-8H,1H2,(H2,5,6,9);1H2,(H2,5,6,7,8,9). The second kappa shape index (κ2) is 21.8. The molecule has 9 unspecified atom stereocenters. The van der Waals surface area contributed by atoms with Crippen molar-refractivity contribution in [1.82, 2.24) is 63.8 Å². The number of nitrogens with one attached hydrogen (secondary N) is 12. The van der Waals surface area contributed by atoms with Gasteiger partial charge in [0.2, 0.25) is 29.2 Å². The van der Waals surface area contributed by atoms with Gasteiger partial charge >= 0.3 is 36.2 Å². The predicted octanol–water partition coefficient (Wildman–Crippen LogP) is -5.19. The molecule has 0 radical (unpaired) electrons. The van der Waals surface area contributed by atoms with Crippen LogP contribution in [-0.4, -0.2) is 141 Å². The van der Waals surface area contributed by atoms with Gasteiger partial charge in [-0.05, 0) is 34.6 Å². The molecule has 6 aliphatic rings. The molecule has 0 aromatic heterocycles. The van der Waals surface area contributed by atoms with Gasteiger partial charge in [-0.25, -0.2) is 28.8 Å². The molecule has 69 heavy (non-hydrogen) atoms. The third-order valence-electron chi connectivity index (χ3n) is 9.62. The lowest BCUT2D eigenvalue weighted by molar-refractivity contribution is -0.166. The van der Waals surface area contributed by atoms with Gasteiger partial charge in [0.1, 0.15) is 36.1 Å². The number of benzene rings is 2. The third-order valence-corrected chi connectivity index (χ3v) is 9.62. The van der Waals surface area contributed by atoms with Crippen molar-refractivity contribution in [3.63, 3.8) is 0 Å². The minimum atomic E-state index is -1.94. The maximum atomic E-state index is 11.7. The summed E-state index contributed by atoms with van der Waals surface area (Å²) in [6, 6.07) is 13.3. The molecule has 8 rings (SSSR count). The van der Waals surface area contributed by atoms with E-state index < -0.39 is 106 Å². The van der Waals surface area contributed by atoms with E-state index in [0.717, 1.165) is 0 Å². The lowest BCUT2D eigenvalue weighted by atomic mass is 9.87. The summed E-state index contributed by atoms with van der Waals surface area (Å²) in [6.07, 6.45) is -2.01. The first-order valence-corrected chi connectivity index (χ1v) is 20.3. The SMILES string of the molecule is CC1(O)CC(=O)NC(=O)N1.CC1(O)CC(C)(O)NC(=O)N1.CC1(O)NC(=O)NC1(C)O.O=C1CC(=O)NC(=O)N1.O=C1NC(O)(c2ccccc2)C(O)(c2ccccc2)N1.O=C1NC(O)CC(O)N1. The fourth-order valence-electron chi connectivity index (χ4n) is 6.45. The molecule has 2 aromatic carbocycles.